The van der Waals surface area contributed by atoms with Crippen LogP contribution in [0.1, 0.15) is 41.1 Å². The molecular formula is C17H21N3O. The summed E-state index contributed by atoms with van der Waals surface area (Å²) in [6.45, 7) is 2.78. The molecule has 1 aliphatic rings. The number of nitrogens with zero attached hydrogens (tertiary/aromatic N) is 2. The van der Waals surface area contributed by atoms with E-state index < -0.39 is 0 Å². The molecule has 110 valence electrons. The molecule has 1 N–H and O–H groups in total. The van der Waals surface area contributed by atoms with Gasteiger partial charge in [0.1, 0.15) is 5.82 Å². The molecule has 0 amide bonds. The first-order valence-electron chi connectivity index (χ1n) is 7.43. The Kier molecular flexibility index (Phi) is 4.27. The molecule has 1 aliphatic heterocycles. The third kappa shape index (κ3) is 3.12. The molecule has 1 aromatic heterocycles. The molecule has 2 unspecified atom stereocenters. The van der Waals surface area contributed by atoms with Gasteiger partial charge in [0.25, 0.3) is 0 Å². The first-order chi connectivity index (χ1) is 10.3. The van der Waals surface area contributed by atoms with Gasteiger partial charge < -0.3 is 10.1 Å². The van der Waals surface area contributed by atoms with Crippen LogP contribution in [-0.4, -0.2) is 23.6 Å². The van der Waals surface area contributed by atoms with Crippen molar-refractivity contribution < 1.29 is 4.74 Å². The maximum atomic E-state index is 5.99. The summed E-state index contributed by atoms with van der Waals surface area (Å²) in [6, 6.07) is 8.64. The molecule has 1 aromatic carbocycles. The van der Waals surface area contributed by atoms with Gasteiger partial charge in [0.15, 0.2) is 0 Å². The SMILES string of the molecule is CNC(CC1OCCc2ccccc21)c1ncc(C)cn1. The lowest BCUT2D eigenvalue weighted by Gasteiger charge is -2.28. The minimum atomic E-state index is 0.0988. The highest BCUT2D eigenvalue weighted by molar-refractivity contribution is 5.31. The molecule has 0 spiro atoms. The second kappa shape index (κ2) is 6.33. The van der Waals surface area contributed by atoms with Crippen LogP contribution in [0.3, 0.4) is 0 Å². The molecule has 2 atom stereocenters. The summed E-state index contributed by atoms with van der Waals surface area (Å²) in [6.07, 6.45) is 5.68. The normalized spacial score (nSPS) is 19.0. The maximum absolute atomic E-state index is 5.99. The molecule has 2 heterocycles. The van der Waals surface area contributed by atoms with Crippen LogP contribution in [0.15, 0.2) is 36.7 Å². The quantitative estimate of drug-likeness (QED) is 0.937. The number of ether oxygens (including phenoxy) is 1. The predicted octanol–water partition coefficient (Wildman–Crippen LogP) is 2.75. The fourth-order valence-corrected chi connectivity index (χ4v) is 2.82. The van der Waals surface area contributed by atoms with E-state index in [2.05, 4.69) is 39.6 Å². The molecule has 0 saturated heterocycles. The van der Waals surface area contributed by atoms with Crippen molar-refractivity contribution in [2.75, 3.05) is 13.7 Å². The highest BCUT2D eigenvalue weighted by Gasteiger charge is 2.25. The third-order valence-corrected chi connectivity index (χ3v) is 4.00. The lowest BCUT2D eigenvalue weighted by atomic mass is 9.93. The first-order valence-corrected chi connectivity index (χ1v) is 7.43. The number of hydrogen-bond donors (Lipinski definition) is 1. The lowest BCUT2D eigenvalue weighted by Crippen LogP contribution is -2.25. The largest absolute Gasteiger partial charge is 0.373 e. The smallest absolute Gasteiger partial charge is 0.145 e. The molecule has 0 fully saturated rings. The van der Waals surface area contributed by atoms with Gasteiger partial charge in [-0.15, -0.1) is 0 Å². The van der Waals surface area contributed by atoms with Gasteiger partial charge in [-0.3, -0.25) is 0 Å². The highest BCUT2D eigenvalue weighted by atomic mass is 16.5. The number of rotatable bonds is 4. The molecule has 4 nitrogen and oxygen atoms in total. The fraction of sp³-hybridized carbons (Fsp3) is 0.412. The Morgan fingerprint density at radius 3 is 2.81 bits per heavy atom. The second-order valence-electron chi connectivity index (χ2n) is 5.50. The molecule has 3 rings (SSSR count). The third-order valence-electron chi connectivity index (χ3n) is 4.00. The van der Waals surface area contributed by atoms with Gasteiger partial charge in [-0.2, -0.15) is 0 Å². The maximum Gasteiger partial charge on any atom is 0.145 e. The Balaban J connectivity index is 1.80. The topological polar surface area (TPSA) is 47.0 Å². The van der Waals surface area contributed by atoms with E-state index in [0.717, 1.165) is 30.8 Å². The van der Waals surface area contributed by atoms with E-state index >= 15 is 0 Å². The van der Waals surface area contributed by atoms with Crippen molar-refractivity contribution in [1.29, 1.82) is 0 Å². The van der Waals surface area contributed by atoms with Crippen molar-refractivity contribution in [1.82, 2.24) is 15.3 Å². The minimum absolute atomic E-state index is 0.0988. The zero-order valence-electron chi connectivity index (χ0n) is 12.5. The van der Waals surface area contributed by atoms with Crippen LogP contribution in [0.25, 0.3) is 0 Å². The van der Waals surface area contributed by atoms with E-state index in [1.54, 1.807) is 0 Å². The van der Waals surface area contributed by atoms with Crippen LogP contribution in [0.5, 0.6) is 0 Å². The Morgan fingerprint density at radius 2 is 2.05 bits per heavy atom. The van der Waals surface area contributed by atoms with Gasteiger partial charge in [-0.25, -0.2) is 9.97 Å². The van der Waals surface area contributed by atoms with Crippen LogP contribution in [0.4, 0.5) is 0 Å². The summed E-state index contributed by atoms with van der Waals surface area (Å²) in [5, 5.41) is 3.31. The number of aryl methyl sites for hydroxylation is 1. The zero-order chi connectivity index (χ0) is 14.7. The van der Waals surface area contributed by atoms with Gasteiger partial charge in [0.2, 0.25) is 0 Å². The van der Waals surface area contributed by atoms with Gasteiger partial charge in [-0.1, -0.05) is 24.3 Å². The molecule has 2 aromatic rings. The molecular weight excluding hydrogens is 262 g/mol. The summed E-state index contributed by atoms with van der Waals surface area (Å²) >= 11 is 0. The van der Waals surface area contributed by atoms with Crippen molar-refractivity contribution in [3.8, 4) is 0 Å². The van der Waals surface area contributed by atoms with E-state index in [1.165, 1.54) is 11.1 Å². The van der Waals surface area contributed by atoms with Crippen molar-refractivity contribution in [3.63, 3.8) is 0 Å². The van der Waals surface area contributed by atoms with Crippen LogP contribution in [0.2, 0.25) is 0 Å². The summed E-state index contributed by atoms with van der Waals surface area (Å²) in [5.74, 6) is 0.828. The van der Waals surface area contributed by atoms with Gasteiger partial charge in [0, 0.05) is 18.8 Å². The van der Waals surface area contributed by atoms with E-state index in [0.29, 0.717) is 0 Å². The Labute approximate surface area is 125 Å². The Morgan fingerprint density at radius 1 is 1.29 bits per heavy atom. The molecule has 21 heavy (non-hydrogen) atoms. The van der Waals surface area contributed by atoms with E-state index in [1.807, 2.05) is 26.4 Å². The highest BCUT2D eigenvalue weighted by Crippen LogP contribution is 2.33. The fourth-order valence-electron chi connectivity index (χ4n) is 2.82. The molecule has 0 saturated carbocycles. The summed E-state index contributed by atoms with van der Waals surface area (Å²) in [7, 11) is 1.95. The average Bonchev–Trinajstić information content (AvgIpc) is 2.54. The summed E-state index contributed by atoms with van der Waals surface area (Å²) < 4.78 is 5.99. The number of hydrogen-bond acceptors (Lipinski definition) is 4. The standard InChI is InChI=1S/C17H21N3O/c1-12-10-19-17(20-11-12)15(18-2)9-16-14-6-4-3-5-13(14)7-8-21-16/h3-6,10-11,15-16,18H,7-9H2,1-2H3. The average molecular weight is 283 g/mol. The van der Waals surface area contributed by atoms with Gasteiger partial charge in [0.05, 0.1) is 18.8 Å². The monoisotopic (exact) mass is 283 g/mol. The second-order valence-corrected chi connectivity index (χ2v) is 5.50. The number of nitrogens with one attached hydrogen (secondary N) is 1. The predicted molar refractivity (Wildman–Crippen MR) is 82.0 cm³/mol. The first kappa shape index (κ1) is 14.2. The molecule has 0 aliphatic carbocycles. The van der Waals surface area contributed by atoms with Crippen LogP contribution in [0, 0.1) is 6.92 Å². The van der Waals surface area contributed by atoms with Crippen molar-refractivity contribution >= 4 is 0 Å². The van der Waals surface area contributed by atoms with E-state index in [-0.39, 0.29) is 12.1 Å². The zero-order valence-corrected chi connectivity index (χ0v) is 12.5. The van der Waals surface area contributed by atoms with Gasteiger partial charge in [-0.05, 0) is 37.1 Å². The van der Waals surface area contributed by atoms with Crippen LogP contribution >= 0.6 is 0 Å². The summed E-state index contributed by atoms with van der Waals surface area (Å²) in [5.41, 5.74) is 3.78. The van der Waals surface area contributed by atoms with E-state index in [9.17, 15) is 0 Å². The lowest BCUT2D eigenvalue weighted by molar-refractivity contribution is 0.0292. The molecule has 0 bridgehead atoms. The summed E-state index contributed by atoms with van der Waals surface area (Å²) in [4.78, 5) is 8.88. The Bertz CT molecular complexity index is 597. The molecule has 4 heteroatoms. The van der Waals surface area contributed by atoms with Gasteiger partial charge >= 0.3 is 0 Å². The molecule has 0 radical (unpaired) electrons. The van der Waals surface area contributed by atoms with Crippen LogP contribution in [-0.2, 0) is 11.2 Å². The van der Waals surface area contributed by atoms with Crippen LogP contribution < -0.4 is 5.32 Å². The van der Waals surface area contributed by atoms with E-state index in [4.69, 9.17) is 4.74 Å². The minimum Gasteiger partial charge on any atom is -0.373 e. The number of fused-ring (bicyclic) bond motifs is 1. The number of aromatic nitrogens is 2. The van der Waals surface area contributed by atoms with Crippen molar-refractivity contribution in [2.24, 2.45) is 0 Å². The van der Waals surface area contributed by atoms with Crippen molar-refractivity contribution in [2.45, 2.75) is 31.9 Å². The Hall–Kier alpha value is -1.78. The number of benzene rings is 1. The van der Waals surface area contributed by atoms with Crippen molar-refractivity contribution in [3.05, 3.63) is 59.2 Å².